The molecule has 2 aromatic rings. The summed E-state index contributed by atoms with van der Waals surface area (Å²) < 4.78 is 0. The summed E-state index contributed by atoms with van der Waals surface area (Å²) in [5.41, 5.74) is 8.80. The Kier molecular flexibility index (Phi) is 3.10. The molecule has 0 amide bonds. The van der Waals surface area contributed by atoms with Gasteiger partial charge in [-0.05, 0) is 36.8 Å². The van der Waals surface area contributed by atoms with Crippen LogP contribution < -0.4 is 11.1 Å². The molecule has 0 radical (unpaired) electrons. The molecule has 0 heterocycles. The van der Waals surface area contributed by atoms with Crippen molar-refractivity contribution in [2.24, 2.45) is 0 Å². The molecule has 2 aromatic carbocycles. The first-order valence-corrected chi connectivity index (χ1v) is 5.43. The van der Waals surface area contributed by atoms with Crippen LogP contribution in [0.3, 0.4) is 0 Å². The van der Waals surface area contributed by atoms with E-state index in [0.717, 1.165) is 11.4 Å². The summed E-state index contributed by atoms with van der Waals surface area (Å²) >= 11 is 0. The van der Waals surface area contributed by atoms with Crippen LogP contribution in [-0.2, 0) is 0 Å². The molecule has 16 heavy (non-hydrogen) atoms. The molecule has 0 aliphatic rings. The summed E-state index contributed by atoms with van der Waals surface area (Å²) in [6.45, 7) is 2.14. The molecule has 3 N–H and O–H groups in total. The lowest BCUT2D eigenvalue weighted by atomic mass is 10.1. The first-order chi connectivity index (χ1) is 7.75. The Bertz CT molecular complexity index is 434. The molecule has 0 saturated carbocycles. The minimum Gasteiger partial charge on any atom is -0.399 e. The summed E-state index contributed by atoms with van der Waals surface area (Å²) in [7, 11) is 0. The lowest BCUT2D eigenvalue weighted by Gasteiger charge is -2.15. The Hall–Kier alpha value is -1.96. The molecule has 0 aliphatic carbocycles. The Balaban J connectivity index is 2.08. The fraction of sp³-hybridized carbons (Fsp3) is 0.143. The zero-order chi connectivity index (χ0) is 11.4. The molecule has 2 nitrogen and oxygen atoms in total. The van der Waals surface area contributed by atoms with E-state index >= 15 is 0 Å². The van der Waals surface area contributed by atoms with Crippen LogP contribution in [0.1, 0.15) is 18.5 Å². The lowest BCUT2D eigenvalue weighted by Crippen LogP contribution is -2.06. The maximum absolute atomic E-state index is 5.64. The lowest BCUT2D eigenvalue weighted by molar-refractivity contribution is 0.885. The Morgan fingerprint density at radius 2 is 1.56 bits per heavy atom. The molecule has 0 aromatic heterocycles. The molecular formula is C14H16N2. The summed E-state index contributed by atoms with van der Waals surface area (Å²) in [4.78, 5) is 0. The van der Waals surface area contributed by atoms with Crippen molar-refractivity contribution in [3.8, 4) is 0 Å². The molecule has 2 rings (SSSR count). The maximum Gasteiger partial charge on any atom is 0.0485 e. The van der Waals surface area contributed by atoms with Crippen molar-refractivity contribution >= 4 is 11.4 Å². The predicted molar refractivity (Wildman–Crippen MR) is 69.3 cm³/mol. The van der Waals surface area contributed by atoms with Crippen molar-refractivity contribution in [3.63, 3.8) is 0 Å². The molecule has 0 aliphatic heterocycles. The molecule has 82 valence electrons. The Morgan fingerprint density at radius 3 is 2.19 bits per heavy atom. The number of hydrogen-bond acceptors (Lipinski definition) is 2. The first kappa shape index (κ1) is 10.6. The largest absolute Gasteiger partial charge is 0.399 e. The minimum absolute atomic E-state index is 0.296. The second-order valence-corrected chi connectivity index (χ2v) is 3.90. The molecular weight excluding hydrogens is 196 g/mol. The number of benzene rings is 2. The van der Waals surface area contributed by atoms with E-state index < -0.39 is 0 Å². The van der Waals surface area contributed by atoms with Gasteiger partial charge in [0, 0.05) is 17.4 Å². The molecule has 0 unspecified atom stereocenters. The van der Waals surface area contributed by atoms with Gasteiger partial charge in [-0.2, -0.15) is 0 Å². The maximum atomic E-state index is 5.64. The monoisotopic (exact) mass is 212 g/mol. The normalized spacial score (nSPS) is 12.1. The standard InChI is InChI=1S/C14H16N2/c1-11(12-5-3-2-4-6-12)16-14-9-7-13(15)8-10-14/h2-11,16H,15H2,1H3/t11-/m0/s1. The molecule has 0 spiro atoms. The third kappa shape index (κ3) is 2.54. The van der Waals surface area contributed by atoms with Crippen LogP contribution in [-0.4, -0.2) is 0 Å². The van der Waals surface area contributed by atoms with E-state index in [1.807, 2.05) is 30.3 Å². The van der Waals surface area contributed by atoms with Gasteiger partial charge in [0.05, 0.1) is 0 Å². The summed E-state index contributed by atoms with van der Waals surface area (Å²) in [5, 5.41) is 3.43. The summed E-state index contributed by atoms with van der Waals surface area (Å²) in [6, 6.07) is 18.5. The zero-order valence-electron chi connectivity index (χ0n) is 9.35. The van der Waals surface area contributed by atoms with Gasteiger partial charge >= 0.3 is 0 Å². The fourth-order valence-electron chi connectivity index (χ4n) is 1.65. The van der Waals surface area contributed by atoms with Crippen molar-refractivity contribution in [1.29, 1.82) is 0 Å². The summed E-state index contributed by atoms with van der Waals surface area (Å²) in [6.07, 6.45) is 0. The van der Waals surface area contributed by atoms with Gasteiger partial charge < -0.3 is 11.1 Å². The smallest absolute Gasteiger partial charge is 0.0485 e. The number of rotatable bonds is 3. The highest BCUT2D eigenvalue weighted by molar-refractivity contribution is 5.52. The zero-order valence-corrected chi connectivity index (χ0v) is 9.35. The quantitative estimate of drug-likeness (QED) is 0.765. The van der Waals surface area contributed by atoms with Gasteiger partial charge in [0.15, 0.2) is 0 Å². The number of nitrogen functional groups attached to an aromatic ring is 1. The average molecular weight is 212 g/mol. The van der Waals surface area contributed by atoms with E-state index in [1.165, 1.54) is 5.56 Å². The van der Waals surface area contributed by atoms with Crippen LogP contribution in [0, 0.1) is 0 Å². The van der Waals surface area contributed by atoms with Crippen LogP contribution in [0.5, 0.6) is 0 Å². The van der Waals surface area contributed by atoms with Crippen LogP contribution >= 0.6 is 0 Å². The van der Waals surface area contributed by atoms with Gasteiger partial charge in [0.25, 0.3) is 0 Å². The number of hydrogen-bond donors (Lipinski definition) is 2. The molecule has 0 fully saturated rings. The highest BCUT2D eigenvalue weighted by atomic mass is 14.9. The third-order valence-corrected chi connectivity index (χ3v) is 2.59. The van der Waals surface area contributed by atoms with E-state index in [4.69, 9.17) is 5.73 Å². The van der Waals surface area contributed by atoms with Crippen LogP contribution in [0.4, 0.5) is 11.4 Å². The van der Waals surface area contributed by atoms with Gasteiger partial charge in [-0.1, -0.05) is 30.3 Å². The van der Waals surface area contributed by atoms with Gasteiger partial charge in [-0.15, -0.1) is 0 Å². The molecule has 1 atom stereocenters. The third-order valence-electron chi connectivity index (χ3n) is 2.59. The van der Waals surface area contributed by atoms with E-state index in [-0.39, 0.29) is 0 Å². The van der Waals surface area contributed by atoms with Gasteiger partial charge in [0.2, 0.25) is 0 Å². The van der Waals surface area contributed by atoms with Crippen molar-refractivity contribution in [2.45, 2.75) is 13.0 Å². The topological polar surface area (TPSA) is 38.0 Å². The predicted octanol–water partition coefficient (Wildman–Crippen LogP) is 3.44. The van der Waals surface area contributed by atoms with E-state index in [2.05, 4.69) is 36.5 Å². The van der Waals surface area contributed by atoms with Crippen molar-refractivity contribution in [1.82, 2.24) is 0 Å². The van der Waals surface area contributed by atoms with E-state index in [1.54, 1.807) is 0 Å². The van der Waals surface area contributed by atoms with Crippen LogP contribution in [0.2, 0.25) is 0 Å². The SMILES string of the molecule is C[C@H](Nc1ccc(N)cc1)c1ccccc1. The molecule has 0 bridgehead atoms. The molecule has 0 saturated heterocycles. The van der Waals surface area contributed by atoms with Gasteiger partial charge in [-0.3, -0.25) is 0 Å². The number of anilines is 2. The molecule has 2 heteroatoms. The number of nitrogens with two attached hydrogens (primary N) is 1. The van der Waals surface area contributed by atoms with Crippen molar-refractivity contribution in [2.75, 3.05) is 11.1 Å². The van der Waals surface area contributed by atoms with Crippen LogP contribution in [0.25, 0.3) is 0 Å². The minimum atomic E-state index is 0.296. The van der Waals surface area contributed by atoms with E-state index in [0.29, 0.717) is 6.04 Å². The Morgan fingerprint density at radius 1 is 0.938 bits per heavy atom. The summed E-state index contributed by atoms with van der Waals surface area (Å²) in [5.74, 6) is 0. The average Bonchev–Trinajstić information content (AvgIpc) is 2.33. The Labute approximate surface area is 96.1 Å². The van der Waals surface area contributed by atoms with Crippen molar-refractivity contribution < 1.29 is 0 Å². The second-order valence-electron chi connectivity index (χ2n) is 3.90. The van der Waals surface area contributed by atoms with E-state index in [9.17, 15) is 0 Å². The fourth-order valence-corrected chi connectivity index (χ4v) is 1.65. The number of nitrogens with one attached hydrogen (secondary N) is 1. The van der Waals surface area contributed by atoms with Crippen LogP contribution in [0.15, 0.2) is 54.6 Å². The highest BCUT2D eigenvalue weighted by Crippen LogP contribution is 2.19. The first-order valence-electron chi connectivity index (χ1n) is 5.43. The van der Waals surface area contributed by atoms with Gasteiger partial charge in [-0.25, -0.2) is 0 Å². The highest BCUT2D eigenvalue weighted by Gasteiger charge is 2.03. The van der Waals surface area contributed by atoms with Crippen molar-refractivity contribution in [3.05, 3.63) is 60.2 Å². The van der Waals surface area contributed by atoms with Gasteiger partial charge in [0.1, 0.15) is 0 Å². The second kappa shape index (κ2) is 4.71.